The Morgan fingerprint density at radius 2 is 1.60 bits per heavy atom. The minimum absolute atomic E-state index is 0.151. The number of benzene rings is 2. The lowest BCUT2D eigenvalue weighted by atomic mass is 10.2. The molecule has 0 unspecified atom stereocenters. The van der Waals surface area contributed by atoms with Crippen LogP contribution in [0.15, 0.2) is 60.0 Å². The zero-order chi connectivity index (χ0) is 21.6. The molecule has 0 bridgehead atoms. The quantitative estimate of drug-likeness (QED) is 0.735. The van der Waals surface area contributed by atoms with E-state index in [1.807, 2.05) is 30.3 Å². The zero-order valence-electron chi connectivity index (χ0n) is 16.2. The maximum atomic E-state index is 12.5. The zero-order valence-corrected chi connectivity index (χ0v) is 17.8. The summed E-state index contributed by atoms with van der Waals surface area (Å²) in [7, 11) is -3.56. The largest absolute Gasteiger partial charge is 0.343 e. The first-order valence-electron chi connectivity index (χ1n) is 9.40. The van der Waals surface area contributed by atoms with Crippen LogP contribution in [0.25, 0.3) is 6.08 Å². The maximum Gasteiger partial charge on any atom is 0.251 e. The van der Waals surface area contributed by atoms with Gasteiger partial charge in [-0.05, 0) is 35.9 Å². The molecule has 3 rings (SSSR count). The monoisotopic (exact) mass is 447 g/mol. The molecular formula is C21H22ClN3O4S. The van der Waals surface area contributed by atoms with Crippen LogP contribution < -0.4 is 5.32 Å². The molecule has 9 heteroatoms. The lowest BCUT2D eigenvalue weighted by Gasteiger charge is -2.33. The lowest BCUT2D eigenvalue weighted by Crippen LogP contribution is -2.52. The molecule has 1 N–H and O–H groups in total. The molecule has 0 aliphatic carbocycles. The van der Waals surface area contributed by atoms with Crippen molar-refractivity contribution < 1.29 is 18.0 Å². The number of carbonyl (C=O) groups is 2. The maximum absolute atomic E-state index is 12.5. The summed E-state index contributed by atoms with van der Waals surface area (Å²) in [6.07, 6.45) is 1.55. The van der Waals surface area contributed by atoms with Crippen LogP contribution in [0, 0.1) is 0 Å². The van der Waals surface area contributed by atoms with E-state index in [0.29, 0.717) is 10.6 Å². The van der Waals surface area contributed by atoms with E-state index in [-0.39, 0.29) is 44.5 Å². The topological polar surface area (TPSA) is 86.8 Å². The summed E-state index contributed by atoms with van der Waals surface area (Å²) in [4.78, 5) is 26.0. The van der Waals surface area contributed by atoms with Crippen LogP contribution >= 0.6 is 11.6 Å². The first kappa shape index (κ1) is 22.0. The van der Waals surface area contributed by atoms with Crippen LogP contribution in [0.1, 0.15) is 15.9 Å². The second kappa shape index (κ2) is 9.88. The van der Waals surface area contributed by atoms with Crippen molar-refractivity contribution in [1.82, 2.24) is 14.5 Å². The van der Waals surface area contributed by atoms with E-state index in [4.69, 9.17) is 11.6 Å². The molecule has 0 radical (unpaired) electrons. The van der Waals surface area contributed by atoms with E-state index in [0.717, 1.165) is 5.56 Å². The summed E-state index contributed by atoms with van der Waals surface area (Å²) in [6, 6.07) is 15.5. The molecule has 0 aromatic heterocycles. The summed E-state index contributed by atoms with van der Waals surface area (Å²) in [5.41, 5.74) is 1.21. The van der Waals surface area contributed by atoms with Crippen LogP contribution in [0.3, 0.4) is 0 Å². The van der Waals surface area contributed by atoms with Gasteiger partial charge in [0.25, 0.3) is 5.91 Å². The standard InChI is InChI=1S/C21H22ClN3O4S/c22-19-8-6-18(7-9-19)21(27)23-16-20(26)24-11-13-25(14-12-24)30(28,29)15-10-17-4-2-1-3-5-17/h1-10,15H,11-14,16H2,(H,23,27)/b15-10+. The van der Waals surface area contributed by atoms with Gasteiger partial charge in [0.05, 0.1) is 6.54 Å². The fraction of sp³-hybridized carbons (Fsp3) is 0.238. The highest BCUT2D eigenvalue weighted by molar-refractivity contribution is 7.92. The van der Waals surface area contributed by atoms with E-state index in [1.165, 1.54) is 9.71 Å². The smallest absolute Gasteiger partial charge is 0.251 e. The Morgan fingerprint density at radius 1 is 0.967 bits per heavy atom. The molecule has 1 fully saturated rings. The van der Waals surface area contributed by atoms with Crippen LogP contribution in [0.2, 0.25) is 5.02 Å². The van der Waals surface area contributed by atoms with E-state index in [2.05, 4.69) is 5.32 Å². The van der Waals surface area contributed by atoms with Crippen molar-refractivity contribution in [3.05, 3.63) is 76.2 Å². The van der Waals surface area contributed by atoms with Crippen LogP contribution in [-0.2, 0) is 14.8 Å². The Hall–Kier alpha value is -2.68. The predicted octanol–water partition coefficient (Wildman–Crippen LogP) is 2.21. The fourth-order valence-electron chi connectivity index (χ4n) is 2.98. The van der Waals surface area contributed by atoms with Crippen molar-refractivity contribution in [2.24, 2.45) is 0 Å². The number of rotatable bonds is 6. The second-order valence-corrected chi connectivity index (χ2v) is 8.98. The van der Waals surface area contributed by atoms with Gasteiger partial charge in [0.15, 0.2) is 0 Å². The predicted molar refractivity (Wildman–Crippen MR) is 116 cm³/mol. The van der Waals surface area contributed by atoms with Gasteiger partial charge in [-0.2, -0.15) is 4.31 Å². The number of amides is 2. The Labute approximate surface area is 181 Å². The third-order valence-corrected chi connectivity index (χ3v) is 6.51. The number of sulfonamides is 1. The number of carbonyl (C=O) groups excluding carboxylic acids is 2. The average Bonchev–Trinajstić information content (AvgIpc) is 2.77. The van der Waals surface area contributed by atoms with Gasteiger partial charge >= 0.3 is 0 Å². The highest BCUT2D eigenvalue weighted by Crippen LogP contribution is 2.12. The van der Waals surface area contributed by atoms with Crippen molar-refractivity contribution in [2.45, 2.75) is 0 Å². The van der Waals surface area contributed by atoms with Gasteiger partial charge in [-0.3, -0.25) is 9.59 Å². The highest BCUT2D eigenvalue weighted by Gasteiger charge is 2.27. The summed E-state index contributed by atoms with van der Waals surface area (Å²) >= 11 is 5.80. The highest BCUT2D eigenvalue weighted by atomic mass is 35.5. The Bertz CT molecular complexity index is 1020. The number of hydrogen-bond acceptors (Lipinski definition) is 4. The second-order valence-electron chi connectivity index (χ2n) is 6.73. The molecule has 1 aliphatic heterocycles. The summed E-state index contributed by atoms with van der Waals surface area (Å²) < 4.78 is 26.4. The molecule has 1 saturated heterocycles. The molecule has 2 aromatic carbocycles. The molecule has 0 atom stereocenters. The van der Waals surface area contributed by atoms with E-state index < -0.39 is 10.0 Å². The minimum Gasteiger partial charge on any atom is -0.343 e. The Balaban J connectivity index is 1.48. The van der Waals surface area contributed by atoms with Gasteiger partial charge in [-0.15, -0.1) is 0 Å². The van der Waals surface area contributed by atoms with Gasteiger partial charge < -0.3 is 10.2 Å². The third-order valence-electron chi connectivity index (χ3n) is 4.69. The summed E-state index contributed by atoms with van der Waals surface area (Å²) in [5.74, 6) is -0.624. The molecule has 2 amide bonds. The number of piperazine rings is 1. The normalized spacial score (nSPS) is 15.3. The Morgan fingerprint density at radius 3 is 2.23 bits per heavy atom. The van der Waals surface area contributed by atoms with Crippen LogP contribution in [0.4, 0.5) is 0 Å². The molecule has 2 aromatic rings. The van der Waals surface area contributed by atoms with Crippen molar-refractivity contribution in [1.29, 1.82) is 0 Å². The summed E-state index contributed by atoms with van der Waals surface area (Å²) in [6.45, 7) is 0.806. The van der Waals surface area contributed by atoms with Crippen LogP contribution in [0.5, 0.6) is 0 Å². The number of nitrogens with zero attached hydrogens (tertiary/aromatic N) is 2. The first-order valence-corrected chi connectivity index (χ1v) is 11.3. The van der Waals surface area contributed by atoms with Gasteiger partial charge in [-0.1, -0.05) is 41.9 Å². The molecule has 158 valence electrons. The fourth-order valence-corrected chi connectivity index (χ4v) is 4.28. The SMILES string of the molecule is O=C(NCC(=O)N1CCN(S(=O)(=O)/C=C/c2ccccc2)CC1)c1ccc(Cl)cc1. The van der Waals surface area contributed by atoms with Crippen molar-refractivity contribution in [3.8, 4) is 0 Å². The molecule has 1 aliphatic rings. The Kier molecular flexibility index (Phi) is 7.25. The molecular weight excluding hydrogens is 426 g/mol. The van der Waals surface area contributed by atoms with Crippen molar-refractivity contribution in [3.63, 3.8) is 0 Å². The number of hydrogen-bond donors (Lipinski definition) is 1. The van der Waals surface area contributed by atoms with Gasteiger partial charge in [0, 0.05) is 42.2 Å². The van der Waals surface area contributed by atoms with Gasteiger partial charge in [0.2, 0.25) is 15.9 Å². The summed E-state index contributed by atoms with van der Waals surface area (Å²) in [5, 5.41) is 4.29. The minimum atomic E-state index is -3.56. The molecule has 0 saturated carbocycles. The molecule has 0 spiro atoms. The molecule has 7 nitrogen and oxygen atoms in total. The van der Waals surface area contributed by atoms with Gasteiger partial charge in [-0.25, -0.2) is 8.42 Å². The van der Waals surface area contributed by atoms with Gasteiger partial charge in [0.1, 0.15) is 0 Å². The van der Waals surface area contributed by atoms with E-state index >= 15 is 0 Å². The average molecular weight is 448 g/mol. The van der Waals surface area contributed by atoms with E-state index in [1.54, 1.807) is 35.2 Å². The first-order chi connectivity index (χ1) is 14.3. The molecule has 1 heterocycles. The third kappa shape index (κ3) is 5.91. The van der Waals surface area contributed by atoms with Crippen LogP contribution in [-0.4, -0.2) is 62.2 Å². The molecule has 30 heavy (non-hydrogen) atoms. The van der Waals surface area contributed by atoms with Crippen molar-refractivity contribution >= 4 is 39.5 Å². The van der Waals surface area contributed by atoms with E-state index in [9.17, 15) is 18.0 Å². The number of halogens is 1. The van der Waals surface area contributed by atoms with Crippen molar-refractivity contribution in [2.75, 3.05) is 32.7 Å². The lowest BCUT2D eigenvalue weighted by molar-refractivity contribution is -0.131. The number of nitrogens with one attached hydrogen (secondary N) is 1.